The summed E-state index contributed by atoms with van der Waals surface area (Å²) in [5.41, 5.74) is 5.30. The maximum absolute atomic E-state index is 12.4. The van der Waals surface area contributed by atoms with Crippen LogP contribution in [0.25, 0.3) is 0 Å². The van der Waals surface area contributed by atoms with E-state index >= 15 is 0 Å². The molecule has 0 fully saturated rings. The topological polar surface area (TPSA) is 81.4 Å². The third kappa shape index (κ3) is 4.53. The van der Waals surface area contributed by atoms with Crippen LogP contribution >= 0.6 is 0 Å². The van der Waals surface area contributed by atoms with Gasteiger partial charge in [0.2, 0.25) is 10.0 Å². The van der Waals surface area contributed by atoms with Crippen molar-refractivity contribution in [2.75, 3.05) is 13.7 Å². The van der Waals surface area contributed by atoms with E-state index in [-0.39, 0.29) is 17.2 Å². The van der Waals surface area contributed by atoms with E-state index in [1.165, 1.54) is 13.2 Å². The number of hydrogen-bond acceptors (Lipinski definition) is 4. The number of benzene rings is 1. The molecule has 0 radical (unpaired) electrons. The number of methoxy groups -OCH3 is 1. The molecule has 20 heavy (non-hydrogen) atoms. The lowest BCUT2D eigenvalue weighted by Gasteiger charge is -2.21. The highest BCUT2D eigenvalue weighted by Gasteiger charge is 2.25. The molecule has 6 heteroatoms. The van der Waals surface area contributed by atoms with Crippen LogP contribution in [0.2, 0.25) is 0 Å². The van der Waals surface area contributed by atoms with Crippen molar-refractivity contribution in [1.82, 2.24) is 4.72 Å². The molecule has 0 aromatic heterocycles. The molecule has 0 bridgehead atoms. The van der Waals surface area contributed by atoms with Crippen molar-refractivity contribution in [3.8, 4) is 17.6 Å². The lowest BCUT2D eigenvalue weighted by Crippen LogP contribution is -2.40. The number of nitrogens with two attached hydrogens (primary N) is 1. The molecule has 0 aliphatic carbocycles. The van der Waals surface area contributed by atoms with E-state index in [0.717, 1.165) is 0 Å². The number of sulfonamides is 1. The first-order chi connectivity index (χ1) is 9.19. The zero-order valence-corrected chi connectivity index (χ0v) is 13.0. The molecule has 0 saturated carbocycles. The SMILES string of the molecule is COc1ccc(C#CCN)cc1S(=O)(=O)NC(C)(C)C. The van der Waals surface area contributed by atoms with Gasteiger partial charge in [0, 0.05) is 11.1 Å². The largest absolute Gasteiger partial charge is 0.495 e. The van der Waals surface area contributed by atoms with Crippen LogP contribution in [0, 0.1) is 11.8 Å². The van der Waals surface area contributed by atoms with Gasteiger partial charge in [-0.15, -0.1) is 0 Å². The van der Waals surface area contributed by atoms with E-state index in [9.17, 15) is 8.42 Å². The smallest absolute Gasteiger partial charge is 0.244 e. The summed E-state index contributed by atoms with van der Waals surface area (Å²) >= 11 is 0. The first-order valence-corrected chi connectivity index (χ1v) is 7.59. The molecule has 110 valence electrons. The Morgan fingerprint density at radius 1 is 1.35 bits per heavy atom. The van der Waals surface area contributed by atoms with E-state index < -0.39 is 15.6 Å². The highest BCUT2D eigenvalue weighted by atomic mass is 32.2. The Morgan fingerprint density at radius 2 is 2.00 bits per heavy atom. The monoisotopic (exact) mass is 296 g/mol. The van der Waals surface area contributed by atoms with E-state index in [1.807, 2.05) is 0 Å². The van der Waals surface area contributed by atoms with Crippen LogP contribution in [0.15, 0.2) is 23.1 Å². The molecule has 5 nitrogen and oxygen atoms in total. The molecule has 3 N–H and O–H groups in total. The molecule has 0 amide bonds. The van der Waals surface area contributed by atoms with Gasteiger partial charge in [-0.25, -0.2) is 13.1 Å². The van der Waals surface area contributed by atoms with Crippen LogP contribution < -0.4 is 15.2 Å². The van der Waals surface area contributed by atoms with Crippen molar-refractivity contribution < 1.29 is 13.2 Å². The quantitative estimate of drug-likeness (QED) is 0.818. The Labute approximate surface area is 120 Å². The highest BCUT2D eigenvalue weighted by Crippen LogP contribution is 2.25. The number of ether oxygens (including phenoxy) is 1. The van der Waals surface area contributed by atoms with Gasteiger partial charge in [0.1, 0.15) is 10.6 Å². The number of nitrogens with one attached hydrogen (secondary N) is 1. The average Bonchev–Trinajstić information content (AvgIpc) is 2.33. The highest BCUT2D eigenvalue weighted by molar-refractivity contribution is 7.89. The van der Waals surface area contributed by atoms with Gasteiger partial charge in [0.05, 0.1) is 13.7 Å². The van der Waals surface area contributed by atoms with Gasteiger partial charge in [-0.05, 0) is 39.0 Å². The molecule has 0 spiro atoms. The Hall–Kier alpha value is -1.55. The standard InChI is InChI=1S/C14H20N2O3S/c1-14(2,3)16-20(17,18)13-10-11(6-5-9-15)7-8-12(13)19-4/h7-8,10,16H,9,15H2,1-4H3. The normalized spacial score (nSPS) is 11.7. The minimum absolute atomic E-state index is 0.0683. The molecular weight excluding hydrogens is 276 g/mol. The van der Waals surface area contributed by atoms with Gasteiger partial charge in [-0.2, -0.15) is 0 Å². The maximum Gasteiger partial charge on any atom is 0.244 e. The van der Waals surface area contributed by atoms with E-state index in [4.69, 9.17) is 10.5 Å². The Bertz CT molecular complexity index is 635. The van der Waals surface area contributed by atoms with E-state index in [1.54, 1.807) is 32.9 Å². The molecule has 0 atom stereocenters. The van der Waals surface area contributed by atoms with Crippen LogP contribution in [-0.2, 0) is 10.0 Å². The summed E-state index contributed by atoms with van der Waals surface area (Å²) in [5, 5.41) is 0. The van der Waals surface area contributed by atoms with Crippen molar-refractivity contribution in [2.24, 2.45) is 5.73 Å². The summed E-state index contributed by atoms with van der Waals surface area (Å²) in [5.74, 6) is 5.78. The molecular formula is C14H20N2O3S. The van der Waals surface area contributed by atoms with Gasteiger partial charge in [0.15, 0.2) is 0 Å². The zero-order chi connectivity index (χ0) is 15.4. The molecule has 1 aromatic rings. The Kier molecular flexibility index (Phi) is 5.17. The second kappa shape index (κ2) is 6.27. The van der Waals surface area contributed by atoms with Gasteiger partial charge in [0.25, 0.3) is 0 Å². The van der Waals surface area contributed by atoms with Crippen LogP contribution in [0.1, 0.15) is 26.3 Å². The molecule has 0 heterocycles. The van der Waals surface area contributed by atoms with Crippen molar-refractivity contribution in [3.05, 3.63) is 23.8 Å². The van der Waals surface area contributed by atoms with Crippen molar-refractivity contribution in [1.29, 1.82) is 0 Å². The first-order valence-electron chi connectivity index (χ1n) is 6.10. The Morgan fingerprint density at radius 3 is 2.50 bits per heavy atom. The fourth-order valence-corrected chi connectivity index (χ4v) is 3.19. The summed E-state index contributed by atoms with van der Waals surface area (Å²) < 4.78 is 32.5. The average molecular weight is 296 g/mol. The minimum atomic E-state index is -3.68. The zero-order valence-electron chi connectivity index (χ0n) is 12.1. The predicted molar refractivity (Wildman–Crippen MR) is 79.0 cm³/mol. The third-order valence-corrected chi connectivity index (χ3v) is 4.01. The molecule has 0 aliphatic rings. The summed E-state index contributed by atoms with van der Waals surface area (Å²) in [6.07, 6.45) is 0. The van der Waals surface area contributed by atoms with Gasteiger partial charge < -0.3 is 10.5 Å². The lowest BCUT2D eigenvalue weighted by molar-refractivity contribution is 0.401. The van der Waals surface area contributed by atoms with Crippen molar-refractivity contribution in [3.63, 3.8) is 0 Å². The molecule has 0 aliphatic heterocycles. The number of hydrogen-bond donors (Lipinski definition) is 2. The van der Waals surface area contributed by atoms with Crippen LogP contribution in [0.4, 0.5) is 0 Å². The number of rotatable bonds is 3. The first kappa shape index (κ1) is 16.5. The van der Waals surface area contributed by atoms with E-state index in [2.05, 4.69) is 16.6 Å². The van der Waals surface area contributed by atoms with Gasteiger partial charge in [-0.1, -0.05) is 11.8 Å². The second-order valence-electron chi connectivity index (χ2n) is 5.23. The fraction of sp³-hybridized carbons (Fsp3) is 0.429. The third-order valence-electron chi connectivity index (χ3n) is 2.23. The van der Waals surface area contributed by atoms with Crippen LogP contribution in [0.5, 0.6) is 5.75 Å². The predicted octanol–water partition coefficient (Wildman–Crippen LogP) is 1.08. The second-order valence-corrected chi connectivity index (χ2v) is 6.88. The lowest BCUT2D eigenvalue weighted by atomic mass is 10.1. The molecule has 0 saturated heterocycles. The summed E-state index contributed by atoms with van der Waals surface area (Å²) in [4.78, 5) is 0.0683. The summed E-state index contributed by atoms with van der Waals surface area (Å²) in [6, 6.07) is 4.75. The van der Waals surface area contributed by atoms with E-state index in [0.29, 0.717) is 5.56 Å². The fourth-order valence-electron chi connectivity index (χ4n) is 1.58. The van der Waals surface area contributed by atoms with Gasteiger partial charge >= 0.3 is 0 Å². The summed E-state index contributed by atoms with van der Waals surface area (Å²) in [6.45, 7) is 5.54. The molecule has 0 unspecified atom stereocenters. The molecule has 1 rings (SSSR count). The minimum Gasteiger partial charge on any atom is -0.495 e. The maximum atomic E-state index is 12.4. The summed E-state index contributed by atoms with van der Waals surface area (Å²) in [7, 11) is -2.26. The molecule has 1 aromatic carbocycles. The van der Waals surface area contributed by atoms with Crippen LogP contribution in [-0.4, -0.2) is 27.6 Å². The van der Waals surface area contributed by atoms with Crippen molar-refractivity contribution >= 4 is 10.0 Å². The van der Waals surface area contributed by atoms with Crippen molar-refractivity contribution in [2.45, 2.75) is 31.2 Å². The Balaban J connectivity index is 3.33. The van der Waals surface area contributed by atoms with Crippen LogP contribution in [0.3, 0.4) is 0 Å². The van der Waals surface area contributed by atoms with Gasteiger partial charge in [-0.3, -0.25) is 0 Å².